The van der Waals surface area contributed by atoms with Gasteiger partial charge >= 0.3 is 0 Å². The van der Waals surface area contributed by atoms with Gasteiger partial charge in [-0.15, -0.1) is 0 Å². The smallest absolute Gasteiger partial charge is 0.164 e. The van der Waals surface area contributed by atoms with Gasteiger partial charge in [0.25, 0.3) is 0 Å². The van der Waals surface area contributed by atoms with E-state index in [1.165, 1.54) is 72.4 Å². The molecule has 0 bridgehead atoms. The van der Waals surface area contributed by atoms with Gasteiger partial charge in [0.2, 0.25) is 0 Å². The Kier molecular flexibility index (Phi) is 7.39. The maximum absolute atomic E-state index is 5.35. The molecule has 0 N–H and O–H groups in total. The Hall–Kier alpha value is -6.39. The number of fused-ring (bicyclic) bond motifs is 9. The molecular weight excluding hydrogens is 705 g/mol. The molecule has 0 saturated carbocycles. The van der Waals surface area contributed by atoms with E-state index in [0.29, 0.717) is 17.5 Å². The van der Waals surface area contributed by atoms with Crippen LogP contribution in [-0.4, -0.2) is 19.5 Å². The van der Waals surface area contributed by atoms with Gasteiger partial charge in [0.15, 0.2) is 17.5 Å². The first-order valence-electron chi connectivity index (χ1n) is 20.7. The van der Waals surface area contributed by atoms with Crippen molar-refractivity contribution in [3.8, 4) is 51.0 Å². The lowest BCUT2D eigenvalue weighted by Gasteiger charge is -2.42. The second-order valence-corrected chi connectivity index (χ2v) is 18.3. The summed E-state index contributed by atoms with van der Waals surface area (Å²) in [5.41, 5.74) is 14.5. The highest BCUT2D eigenvalue weighted by atomic mass is 15.0. The van der Waals surface area contributed by atoms with Gasteiger partial charge in [-0.25, -0.2) is 15.0 Å². The fourth-order valence-corrected chi connectivity index (χ4v) is 10.2. The van der Waals surface area contributed by atoms with Crippen LogP contribution in [-0.2, 0) is 16.2 Å². The van der Waals surface area contributed by atoms with Crippen LogP contribution in [0.3, 0.4) is 0 Å². The quantitative estimate of drug-likeness (QED) is 0.180. The number of rotatable bonds is 4. The molecule has 4 heteroatoms. The number of hydrogen-bond acceptors (Lipinski definition) is 3. The van der Waals surface area contributed by atoms with Crippen LogP contribution in [0.25, 0.3) is 83.6 Å². The zero-order valence-electron chi connectivity index (χ0n) is 34.1. The van der Waals surface area contributed by atoms with Crippen molar-refractivity contribution in [2.75, 3.05) is 0 Å². The minimum Gasteiger partial charge on any atom is -0.309 e. The predicted molar refractivity (Wildman–Crippen MR) is 241 cm³/mol. The Morgan fingerprint density at radius 3 is 1.88 bits per heavy atom. The van der Waals surface area contributed by atoms with Crippen molar-refractivity contribution in [3.63, 3.8) is 0 Å². The Labute approximate surface area is 340 Å². The molecule has 7 aromatic carbocycles. The summed E-state index contributed by atoms with van der Waals surface area (Å²) in [6, 6.07) is 52.9. The fourth-order valence-electron chi connectivity index (χ4n) is 10.2. The van der Waals surface area contributed by atoms with Crippen LogP contribution in [0.2, 0.25) is 0 Å². The zero-order valence-corrected chi connectivity index (χ0v) is 34.1. The molecule has 2 aliphatic carbocycles. The second-order valence-electron chi connectivity index (χ2n) is 18.3. The van der Waals surface area contributed by atoms with Gasteiger partial charge < -0.3 is 4.57 Å². The van der Waals surface area contributed by atoms with Crippen molar-refractivity contribution >= 4 is 32.6 Å². The van der Waals surface area contributed by atoms with Crippen molar-refractivity contribution in [1.82, 2.24) is 19.5 Å². The average Bonchev–Trinajstić information content (AvgIpc) is 3.70. The third-order valence-corrected chi connectivity index (χ3v) is 13.5. The van der Waals surface area contributed by atoms with Gasteiger partial charge in [0, 0.05) is 38.6 Å². The summed E-state index contributed by atoms with van der Waals surface area (Å²) in [4.78, 5) is 15.8. The Balaban J connectivity index is 1.16. The molecule has 9 aromatic rings. The molecule has 4 nitrogen and oxygen atoms in total. The molecule has 0 atom stereocenters. The lowest BCUT2D eigenvalue weighted by atomic mass is 9.63. The van der Waals surface area contributed by atoms with Gasteiger partial charge in [-0.2, -0.15) is 0 Å². The third-order valence-electron chi connectivity index (χ3n) is 13.5. The van der Waals surface area contributed by atoms with Crippen molar-refractivity contribution in [1.29, 1.82) is 0 Å². The van der Waals surface area contributed by atoms with Crippen molar-refractivity contribution in [3.05, 3.63) is 168 Å². The van der Waals surface area contributed by atoms with Crippen molar-refractivity contribution in [2.45, 2.75) is 70.6 Å². The summed E-state index contributed by atoms with van der Waals surface area (Å²) in [6.07, 6.45) is 2.34. The lowest BCUT2D eigenvalue weighted by molar-refractivity contribution is 0.332. The van der Waals surface area contributed by atoms with Crippen LogP contribution < -0.4 is 0 Å². The van der Waals surface area contributed by atoms with E-state index in [9.17, 15) is 0 Å². The van der Waals surface area contributed by atoms with Crippen LogP contribution in [0.1, 0.15) is 76.6 Å². The van der Waals surface area contributed by atoms with E-state index >= 15 is 0 Å². The molecule has 11 rings (SSSR count). The number of aromatic nitrogens is 4. The van der Waals surface area contributed by atoms with E-state index in [0.717, 1.165) is 28.8 Å². The minimum atomic E-state index is -0.133. The molecule has 0 unspecified atom stereocenters. The predicted octanol–water partition coefficient (Wildman–Crippen LogP) is 13.8. The SMILES string of the molecule is CC1(C)CCC(C)(C)c2cc3c(cc21)c1c2ccccc2ccc1n3-c1cccc(-c2nc(-c3ccccc3)nc(-c3cccc4c3-c3ccccc3C4(C)C)n2)c1. The molecule has 0 fully saturated rings. The maximum Gasteiger partial charge on any atom is 0.164 e. The van der Waals surface area contributed by atoms with Crippen LogP contribution in [0, 0.1) is 0 Å². The highest BCUT2D eigenvalue weighted by molar-refractivity contribution is 6.21. The molecule has 0 spiro atoms. The third kappa shape index (κ3) is 5.10. The minimum absolute atomic E-state index is 0.0761. The highest BCUT2D eigenvalue weighted by Gasteiger charge is 2.39. The summed E-state index contributed by atoms with van der Waals surface area (Å²) < 4.78 is 2.47. The van der Waals surface area contributed by atoms with Gasteiger partial charge in [-0.05, 0) is 98.2 Å². The molecule has 0 amide bonds. The van der Waals surface area contributed by atoms with Gasteiger partial charge in [0.1, 0.15) is 0 Å². The van der Waals surface area contributed by atoms with E-state index in [4.69, 9.17) is 15.0 Å². The first kappa shape index (κ1) is 34.8. The summed E-state index contributed by atoms with van der Waals surface area (Å²) in [5, 5.41) is 5.14. The Bertz CT molecular complexity index is 3150. The molecule has 2 aliphatic rings. The van der Waals surface area contributed by atoms with E-state index in [2.05, 4.69) is 174 Å². The first-order chi connectivity index (χ1) is 28.0. The largest absolute Gasteiger partial charge is 0.309 e. The molecule has 0 saturated heterocycles. The van der Waals surface area contributed by atoms with Gasteiger partial charge in [-0.3, -0.25) is 0 Å². The zero-order chi connectivity index (χ0) is 39.6. The Morgan fingerprint density at radius 2 is 1.07 bits per heavy atom. The first-order valence-corrected chi connectivity index (χ1v) is 20.7. The molecule has 58 heavy (non-hydrogen) atoms. The summed E-state index contributed by atoms with van der Waals surface area (Å²) in [5.74, 6) is 1.99. The van der Waals surface area contributed by atoms with Crippen molar-refractivity contribution in [2.24, 2.45) is 0 Å². The number of hydrogen-bond donors (Lipinski definition) is 0. The summed E-state index contributed by atoms with van der Waals surface area (Å²) in [6.45, 7) is 14.3. The summed E-state index contributed by atoms with van der Waals surface area (Å²) >= 11 is 0. The lowest BCUT2D eigenvalue weighted by Crippen LogP contribution is -2.33. The van der Waals surface area contributed by atoms with Crippen molar-refractivity contribution < 1.29 is 0 Å². The van der Waals surface area contributed by atoms with Crippen LogP contribution >= 0.6 is 0 Å². The van der Waals surface area contributed by atoms with E-state index in [1.54, 1.807) is 0 Å². The van der Waals surface area contributed by atoms with E-state index < -0.39 is 0 Å². The standard InChI is InChI=1S/C54H46N4/c1-52(2)28-29-53(3,4)44-32-46-40(31-43(44)52)48-37-21-11-10-16-33(37)26-27-45(48)58(46)36-20-14-19-35(30-36)50-55-49(34-17-8-7-9-18-34)56-51(57-50)39-23-15-25-42-47(39)38-22-12-13-24-41(38)54(42,5)6/h7-27,30-32H,28-29H2,1-6H3. The topological polar surface area (TPSA) is 43.6 Å². The Morgan fingerprint density at radius 1 is 0.448 bits per heavy atom. The van der Waals surface area contributed by atoms with E-state index in [-0.39, 0.29) is 16.2 Å². The second kappa shape index (κ2) is 12.3. The highest BCUT2D eigenvalue weighted by Crippen LogP contribution is 2.52. The molecule has 282 valence electrons. The normalized spacial score (nSPS) is 16.0. The summed E-state index contributed by atoms with van der Waals surface area (Å²) in [7, 11) is 0. The fraction of sp³-hybridized carbons (Fsp3) is 0.204. The number of benzene rings is 7. The van der Waals surface area contributed by atoms with Gasteiger partial charge in [-0.1, -0.05) is 157 Å². The molecule has 2 heterocycles. The molecular formula is C54H46N4. The average molecular weight is 751 g/mol. The van der Waals surface area contributed by atoms with Crippen LogP contribution in [0.15, 0.2) is 146 Å². The maximum atomic E-state index is 5.35. The van der Waals surface area contributed by atoms with Crippen LogP contribution in [0.5, 0.6) is 0 Å². The molecule has 0 aliphatic heterocycles. The van der Waals surface area contributed by atoms with E-state index in [1.807, 2.05) is 18.2 Å². The van der Waals surface area contributed by atoms with Crippen LogP contribution in [0.4, 0.5) is 0 Å². The van der Waals surface area contributed by atoms with Gasteiger partial charge in [0.05, 0.1) is 11.0 Å². The molecule has 2 aromatic heterocycles. The molecule has 0 radical (unpaired) electrons. The number of nitrogens with zero attached hydrogens (tertiary/aromatic N) is 4. The monoisotopic (exact) mass is 750 g/mol.